The summed E-state index contributed by atoms with van der Waals surface area (Å²) >= 11 is 11.1. The number of benzene rings is 2. The third-order valence-corrected chi connectivity index (χ3v) is 6.00. The highest BCUT2D eigenvalue weighted by Crippen LogP contribution is 2.20. The largest absolute Gasteiger partial charge is 0.480 e. The Hall–Kier alpha value is -3.04. The molecule has 12 nitrogen and oxygen atoms in total. The summed E-state index contributed by atoms with van der Waals surface area (Å²) in [5, 5.41) is 23.5. The van der Waals surface area contributed by atoms with Crippen LogP contribution in [0.4, 0.5) is 11.4 Å². The second-order valence-electron chi connectivity index (χ2n) is 7.34. The normalized spacial score (nSPS) is 12.3. The van der Waals surface area contributed by atoms with E-state index in [1.165, 1.54) is 0 Å². The summed E-state index contributed by atoms with van der Waals surface area (Å²) in [5.74, 6) is -1.18. The molecule has 3 rings (SSSR count). The van der Waals surface area contributed by atoms with Gasteiger partial charge in [0.25, 0.3) is 0 Å². The number of tetrazole rings is 1. The zero-order valence-corrected chi connectivity index (χ0v) is 21.0. The first-order valence-corrected chi connectivity index (χ1v) is 12.9. The van der Waals surface area contributed by atoms with Crippen molar-refractivity contribution in [3.8, 4) is 5.69 Å². The third-order valence-electron chi connectivity index (χ3n) is 4.79. The Bertz CT molecular complexity index is 1300. The average molecular weight is 542 g/mol. The van der Waals surface area contributed by atoms with Gasteiger partial charge in [-0.05, 0) is 54.7 Å². The second-order valence-corrected chi connectivity index (χ2v) is 9.98. The van der Waals surface area contributed by atoms with E-state index in [9.17, 15) is 18.3 Å². The SMILES string of the molecule is CS(=O)(=O)NCC(C(=O)O)N(CCOCNc1cccc(-n2[nH]nnc2=S)c1)c1ccc(Cl)cc1. The first kappa shape index (κ1) is 26.6. The number of H-pyrrole nitrogens is 1. The molecule has 0 saturated carbocycles. The van der Waals surface area contributed by atoms with Crippen LogP contribution < -0.4 is 14.9 Å². The number of halogens is 1. The van der Waals surface area contributed by atoms with Gasteiger partial charge in [0.1, 0.15) is 12.8 Å². The van der Waals surface area contributed by atoms with Crippen molar-refractivity contribution in [2.24, 2.45) is 0 Å². The van der Waals surface area contributed by atoms with Crippen molar-refractivity contribution in [3.63, 3.8) is 0 Å². The predicted molar refractivity (Wildman–Crippen MR) is 134 cm³/mol. The summed E-state index contributed by atoms with van der Waals surface area (Å²) in [6, 6.07) is 12.8. The molecule has 1 unspecified atom stereocenters. The number of nitrogens with zero attached hydrogens (tertiary/aromatic N) is 4. The molecule has 15 heteroatoms. The zero-order valence-electron chi connectivity index (χ0n) is 18.6. The minimum atomic E-state index is -3.58. The minimum Gasteiger partial charge on any atom is -0.480 e. The summed E-state index contributed by atoms with van der Waals surface area (Å²) in [6.45, 7) is 0.172. The van der Waals surface area contributed by atoms with Gasteiger partial charge in [0, 0.05) is 29.5 Å². The van der Waals surface area contributed by atoms with Crippen molar-refractivity contribution >= 4 is 51.2 Å². The van der Waals surface area contributed by atoms with Gasteiger partial charge in [-0.2, -0.15) is 5.21 Å². The summed E-state index contributed by atoms with van der Waals surface area (Å²) in [7, 11) is -3.58. The fourth-order valence-corrected chi connectivity index (χ4v) is 3.92. The third kappa shape index (κ3) is 8.00. The lowest BCUT2D eigenvalue weighted by Crippen LogP contribution is -2.50. The van der Waals surface area contributed by atoms with Gasteiger partial charge in [-0.3, -0.25) is 0 Å². The molecule has 0 radical (unpaired) electrons. The molecule has 0 spiro atoms. The Balaban J connectivity index is 1.62. The first-order valence-electron chi connectivity index (χ1n) is 10.3. The molecule has 35 heavy (non-hydrogen) atoms. The summed E-state index contributed by atoms with van der Waals surface area (Å²) < 4.78 is 32.8. The maximum Gasteiger partial charge on any atom is 0.327 e. The van der Waals surface area contributed by atoms with Gasteiger partial charge in [-0.15, -0.1) is 0 Å². The number of aromatic nitrogens is 4. The van der Waals surface area contributed by atoms with Crippen molar-refractivity contribution in [3.05, 3.63) is 58.3 Å². The molecule has 0 amide bonds. The summed E-state index contributed by atoms with van der Waals surface area (Å²) in [5.41, 5.74) is 2.06. The topological polar surface area (TPSA) is 154 Å². The Morgan fingerprint density at radius 3 is 2.69 bits per heavy atom. The van der Waals surface area contributed by atoms with E-state index in [0.717, 1.165) is 17.6 Å². The Kier molecular flexibility index (Phi) is 9.17. The quantitative estimate of drug-likeness (QED) is 0.143. The molecule has 2 aromatic carbocycles. The number of hydrogen-bond acceptors (Lipinski definition) is 9. The smallest absolute Gasteiger partial charge is 0.327 e. The van der Waals surface area contributed by atoms with E-state index in [1.54, 1.807) is 33.8 Å². The highest BCUT2D eigenvalue weighted by molar-refractivity contribution is 7.88. The van der Waals surface area contributed by atoms with Crippen LogP contribution in [0.5, 0.6) is 0 Å². The van der Waals surface area contributed by atoms with Crippen LogP contribution in [0.25, 0.3) is 5.69 Å². The lowest BCUT2D eigenvalue weighted by Gasteiger charge is -2.31. The molecule has 1 atom stereocenters. The fourth-order valence-electron chi connectivity index (χ4n) is 3.15. The molecule has 4 N–H and O–H groups in total. The van der Waals surface area contributed by atoms with Gasteiger partial charge in [-0.1, -0.05) is 28.0 Å². The van der Waals surface area contributed by atoms with Gasteiger partial charge in [0.05, 0.1) is 18.6 Å². The number of aliphatic carboxylic acids is 1. The fraction of sp³-hybridized carbons (Fsp3) is 0.300. The van der Waals surface area contributed by atoms with E-state index in [4.69, 9.17) is 28.6 Å². The lowest BCUT2D eigenvalue weighted by molar-refractivity contribution is -0.138. The number of carboxylic acid groups (broad SMARTS) is 1. The molecule has 3 aromatic rings. The molecule has 0 aliphatic rings. The van der Waals surface area contributed by atoms with Crippen LogP contribution in [0.15, 0.2) is 48.5 Å². The molecule has 0 aliphatic carbocycles. The number of ether oxygens (including phenoxy) is 1. The number of aromatic amines is 1. The number of rotatable bonds is 13. The molecule has 188 valence electrons. The van der Waals surface area contributed by atoms with Crippen LogP contribution in [0.1, 0.15) is 0 Å². The van der Waals surface area contributed by atoms with Crippen molar-refractivity contribution in [1.29, 1.82) is 0 Å². The maximum atomic E-state index is 11.9. The van der Waals surface area contributed by atoms with E-state index < -0.39 is 22.0 Å². The van der Waals surface area contributed by atoms with Gasteiger partial charge in [0.15, 0.2) is 0 Å². The summed E-state index contributed by atoms with van der Waals surface area (Å²) in [6.07, 6.45) is 0.971. The van der Waals surface area contributed by atoms with E-state index in [2.05, 4.69) is 25.6 Å². The van der Waals surface area contributed by atoms with E-state index >= 15 is 0 Å². The monoisotopic (exact) mass is 541 g/mol. The standard InChI is InChI=1S/C20H24ClN7O5S2/c1-35(31,32)23-12-18(19(29)30)27(16-7-5-14(21)6-8-16)9-10-33-13-22-15-3-2-4-17(11-15)28-20(34)24-25-26-28/h2-8,11,18,22-23H,9-10,12-13H2,1H3,(H,29,30)(H,24,26,34). The highest BCUT2D eigenvalue weighted by Gasteiger charge is 2.27. The second kappa shape index (κ2) is 12.1. The van der Waals surface area contributed by atoms with Crippen molar-refractivity contribution in [2.75, 3.05) is 42.9 Å². The van der Waals surface area contributed by atoms with E-state index in [1.807, 2.05) is 24.3 Å². The number of carbonyl (C=O) groups is 1. The number of carboxylic acids is 1. The molecule has 0 bridgehead atoms. The Morgan fingerprint density at radius 1 is 1.31 bits per heavy atom. The van der Waals surface area contributed by atoms with Crippen molar-refractivity contribution in [2.45, 2.75) is 6.04 Å². The predicted octanol–water partition coefficient (Wildman–Crippen LogP) is 1.87. The van der Waals surface area contributed by atoms with Crippen LogP contribution in [0.3, 0.4) is 0 Å². The van der Waals surface area contributed by atoms with E-state index in [0.29, 0.717) is 15.5 Å². The zero-order chi connectivity index (χ0) is 25.4. The minimum absolute atomic E-state index is 0.143. The Morgan fingerprint density at radius 2 is 2.06 bits per heavy atom. The number of hydrogen-bond donors (Lipinski definition) is 4. The average Bonchev–Trinajstić information content (AvgIpc) is 3.23. The van der Waals surface area contributed by atoms with Crippen LogP contribution >= 0.6 is 23.8 Å². The Labute approximate surface area is 211 Å². The molecule has 1 aromatic heterocycles. The van der Waals surface area contributed by atoms with Crippen LogP contribution in [-0.2, 0) is 19.6 Å². The van der Waals surface area contributed by atoms with Gasteiger partial charge in [-0.25, -0.2) is 22.6 Å². The van der Waals surface area contributed by atoms with E-state index in [-0.39, 0.29) is 26.4 Å². The van der Waals surface area contributed by atoms with Gasteiger partial charge in [0.2, 0.25) is 14.8 Å². The highest BCUT2D eigenvalue weighted by atomic mass is 35.5. The van der Waals surface area contributed by atoms with Gasteiger partial charge >= 0.3 is 5.97 Å². The lowest BCUT2D eigenvalue weighted by atomic mass is 10.2. The van der Waals surface area contributed by atoms with Crippen LogP contribution in [-0.4, -0.2) is 78.4 Å². The maximum absolute atomic E-state index is 11.9. The summed E-state index contributed by atoms with van der Waals surface area (Å²) in [4.78, 5) is 13.5. The van der Waals surface area contributed by atoms with Crippen molar-refractivity contribution in [1.82, 2.24) is 24.9 Å². The molecular weight excluding hydrogens is 518 g/mol. The molecule has 1 heterocycles. The number of sulfonamides is 1. The molecule has 0 saturated heterocycles. The molecule has 0 aliphatic heterocycles. The van der Waals surface area contributed by atoms with Crippen molar-refractivity contribution < 1.29 is 23.1 Å². The number of nitrogens with one attached hydrogen (secondary N) is 3. The molecular formula is C20H24ClN7O5S2. The van der Waals surface area contributed by atoms with Gasteiger partial charge < -0.3 is 20.1 Å². The number of anilines is 2. The van der Waals surface area contributed by atoms with Crippen LogP contribution in [0.2, 0.25) is 5.02 Å². The first-order chi connectivity index (χ1) is 16.6. The molecule has 0 fully saturated rings. The van der Waals surface area contributed by atoms with Crippen LogP contribution in [0, 0.1) is 4.77 Å².